The molecule has 0 spiro atoms. The van der Waals surface area contributed by atoms with Gasteiger partial charge in [0.25, 0.3) is 0 Å². The smallest absolute Gasteiger partial charge is 0.164 e. The van der Waals surface area contributed by atoms with Gasteiger partial charge in [0.1, 0.15) is 39.3 Å². The minimum atomic E-state index is 0.605. The molecule has 25 aromatic rings. The van der Waals surface area contributed by atoms with Crippen molar-refractivity contribution in [2.45, 2.75) is 0 Å². The zero-order valence-corrected chi connectivity index (χ0v) is 65.3. The molecule has 570 valence electrons. The van der Waals surface area contributed by atoms with Gasteiger partial charge in [-0.15, -0.1) is 0 Å². The zero-order valence-electron chi connectivity index (χ0n) is 65.3. The van der Waals surface area contributed by atoms with E-state index in [1.165, 1.54) is 0 Å². The second-order valence-electron chi connectivity index (χ2n) is 30.2. The minimum Gasteiger partial charge on any atom is -0.455 e. The van der Waals surface area contributed by atoms with Crippen molar-refractivity contribution in [1.29, 1.82) is 0 Å². The van der Waals surface area contributed by atoms with Crippen LogP contribution in [-0.2, 0) is 0 Å². The molecule has 0 aliphatic carbocycles. The molecule has 15 aromatic carbocycles. The summed E-state index contributed by atoms with van der Waals surface area (Å²) in [6.07, 6.45) is 1.82. The van der Waals surface area contributed by atoms with Crippen molar-refractivity contribution >= 4 is 131 Å². The van der Waals surface area contributed by atoms with Gasteiger partial charge in [-0.3, -0.25) is 9.55 Å². The average Bonchev–Trinajstić information content (AvgIpc) is 1.57. The summed E-state index contributed by atoms with van der Waals surface area (Å²) in [4.78, 5) is 44.7. The predicted molar refractivity (Wildman–Crippen MR) is 495 cm³/mol. The molecule has 0 bridgehead atoms. The Labute approximate surface area is 697 Å². The summed E-state index contributed by atoms with van der Waals surface area (Å²) in [5.41, 5.74) is 26.7. The van der Waals surface area contributed by atoms with Crippen molar-refractivity contribution in [1.82, 2.24) is 49.4 Å². The topological polar surface area (TPSA) is 160 Å². The van der Waals surface area contributed by atoms with E-state index in [0.717, 1.165) is 221 Å². The molecule has 0 radical (unpaired) electrons. The number of imidazole rings is 1. The molecular formula is C109H66N10O3. The standard InChI is InChI=1S/C40H25N3O.C36H22N4O.C33H19N3O/c1-2-13-30(14-3-1)43-35-19-8-7-18-34(35)42-40(43)27-23-21-26(22-24-27)28-11-10-12-29(25-28)38-37-32-16-5-9-20-36(32)44-39(37)31-15-4-6-17-33(31)41-38;1-3-12-23(13-4-1)34-38-35(24-14-5-2-6-15-24)40-36(39-34)26-17-11-16-25(22-26)32-31-28-19-8-10-21-30(28)41-33(31)27-18-7-9-20-29(27)37-32;1-3-9-27-24(7-1)33-29(25-8-2-4-10-28(25)37-33)30(36-27)22-13-11-20(12-14-22)26-18-17-23-16-15-21-6-5-19-34-31(21)32(23)35-26/h1-25H;1-22H;1-19H. The molecule has 10 aromatic heterocycles. The summed E-state index contributed by atoms with van der Waals surface area (Å²) in [6, 6.07) is 134. The average molecular weight is 1560 g/mol. The normalized spacial score (nSPS) is 11.6. The van der Waals surface area contributed by atoms with E-state index in [4.69, 9.17) is 53.1 Å². The molecule has 13 heteroatoms. The van der Waals surface area contributed by atoms with E-state index >= 15 is 0 Å². The van der Waals surface area contributed by atoms with E-state index < -0.39 is 0 Å². The summed E-state index contributed by atoms with van der Waals surface area (Å²) >= 11 is 0. The fourth-order valence-corrected chi connectivity index (χ4v) is 17.0. The van der Waals surface area contributed by atoms with Crippen LogP contribution in [-0.4, -0.2) is 49.4 Å². The number of nitrogens with zero attached hydrogens (tertiary/aromatic N) is 10. The lowest BCUT2D eigenvalue weighted by Crippen LogP contribution is -2.00. The highest BCUT2D eigenvalue weighted by molar-refractivity contribution is 6.22. The van der Waals surface area contributed by atoms with Crippen molar-refractivity contribution in [3.63, 3.8) is 0 Å². The molecule has 122 heavy (non-hydrogen) atoms. The van der Waals surface area contributed by atoms with E-state index in [1.54, 1.807) is 0 Å². The Balaban J connectivity index is 0.000000107. The molecule has 25 rings (SSSR count). The summed E-state index contributed by atoms with van der Waals surface area (Å²) in [5.74, 6) is 2.79. The van der Waals surface area contributed by atoms with E-state index in [-0.39, 0.29) is 0 Å². The van der Waals surface area contributed by atoms with Crippen LogP contribution >= 0.6 is 0 Å². The van der Waals surface area contributed by atoms with Gasteiger partial charge in [-0.2, -0.15) is 0 Å². The van der Waals surface area contributed by atoms with E-state index in [1.807, 2.05) is 194 Å². The van der Waals surface area contributed by atoms with Crippen LogP contribution in [0.2, 0.25) is 0 Å². The number of aromatic nitrogens is 10. The number of hydrogen-bond donors (Lipinski definition) is 0. The maximum atomic E-state index is 6.41. The van der Waals surface area contributed by atoms with Crippen LogP contribution in [0.4, 0.5) is 0 Å². The molecular weight excluding hydrogens is 1500 g/mol. The van der Waals surface area contributed by atoms with Gasteiger partial charge in [-0.1, -0.05) is 291 Å². The van der Waals surface area contributed by atoms with Crippen LogP contribution in [0.5, 0.6) is 0 Å². The highest BCUT2D eigenvalue weighted by Gasteiger charge is 2.24. The lowest BCUT2D eigenvalue weighted by Gasteiger charge is -2.11. The highest BCUT2D eigenvalue weighted by Crippen LogP contribution is 2.45. The Bertz CT molecular complexity index is 8340. The third-order valence-electron chi connectivity index (χ3n) is 22.8. The van der Waals surface area contributed by atoms with Crippen molar-refractivity contribution in [3.05, 3.63) is 401 Å². The first-order valence-corrected chi connectivity index (χ1v) is 40.5. The summed E-state index contributed by atoms with van der Waals surface area (Å²) in [6.45, 7) is 0. The third kappa shape index (κ3) is 12.5. The zero-order chi connectivity index (χ0) is 80.6. The fourth-order valence-electron chi connectivity index (χ4n) is 17.0. The molecule has 0 fully saturated rings. The monoisotopic (exact) mass is 1560 g/mol. The van der Waals surface area contributed by atoms with Gasteiger partial charge in [-0.25, -0.2) is 39.9 Å². The Morgan fingerprint density at radius 2 is 0.607 bits per heavy atom. The Hall–Kier alpha value is -16.8. The van der Waals surface area contributed by atoms with Crippen molar-refractivity contribution in [2.24, 2.45) is 0 Å². The second-order valence-corrected chi connectivity index (χ2v) is 30.2. The molecule has 0 N–H and O–H groups in total. The van der Waals surface area contributed by atoms with Crippen molar-refractivity contribution < 1.29 is 13.3 Å². The van der Waals surface area contributed by atoms with Gasteiger partial charge in [0.2, 0.25) is 0 Å². The molecule has 0 aliphatic rings. The van der Waals surface area contributed by atoms with E-state index in [9.17, 15) is 0 Å². The molecule has 0 saturated carbocycles. The fraction of sp³-hybridized carbons (Fsp3) is 0. The first kappa shape index (κ1) is 70.6. The summed E-state index contributed by atoms with van der Waals surface area (Å²) in [5, 5.41) is 11.5. The number of fused-ring (bicyclic) bond motifs is 19. The number of para-hydroxylation sites is 9. The first-order chi connectivity index (χ1) is 60.5. The van der Waals surface area contributed by atoms with Crippen LogP contribution < -0.4 is 0 Å². The number of hydrogen-bond acceptors (Lipinski definition) is 12. The van der Waals surface area contributed by atoms with Crippen LogP contribution in [0, 0.1) is 0 Å². The molecule has 0 unspecified atom stereocenters. The lowest BCUT2D eigenvalue weighted by atomic mass is 9.97. The number of benzene rings is 15. The number of pyridine rings is 5. The molecule has 13 nitrogen and oxygen atoms in total. The predicted octanol–water partition coefficient (Wildman–Crippen LogP) is 28.0. The SMILES string of the molecule is c1ccc(-c2nc(-c3ccccc3)nc(-c3cccc(-c4nc5ccccc5c5oc6ccccc6c45)c3)n2)cc1.c1ccc(-n2c(-c3ccc(-c4cccc(-c5nc6ccccc6c6oc7ccccc7c56)c4)cc3)nc3ccccc32)cc1.c1cnc2c(c1)ccc1ccc(-c3ccc(-c4nc5ccccc5c5oc6ccccc6c45)cc3)nc12. The molecule has 10 heterocycles. The van der Waals surface area contributed by atoms with Gasteiger partial charge in [-0.05, 0) is 114 Å². The maximum absolute atomic E-state index is 6.41. The third-order valence-corrected chi connectivity index (χ3v) is 22.8. The van der Waals surface area contributed by atoms with Gasteiger partial charge >= 0.3 is 0 Å². The molecule has 0 aliphatic heterocycles. The molecule has 0 saturated heterocycles. The van der Waals surface area contributed by atoms with Crippen LogP contribution in [0.25, 0.3) is 239 Å². The summed E-state index contributed by atoms with van der Waals surface area (Å²) in [7, 11) is 0. The quantitative estimate of drug-likeness (QED) is 0.119. The van der Waals surface area contributed by atoms with Crippen molar-refractivity contribution in [3.8, 4) is 107 Å². The largest absolute Gasteiger partial charge is 0.455 e. The minimum absolute atomic E-state index is 0.605. The van der Waals surface area contributed by atoms with Crippen LogP contribution in [0.3, 0.4) is 0 Å². The maximum Gasteiger partial charge on any atom is 0.164 e. The van der Waals surface area contributed by atoms with Gasteiger partial charge < -0.3 is 13.3 Å². The van der Waals surface area contributed by atoms with E-state index in [0.29, 0.717) is 17.5 Å². The second kappa shape index (κ2) is 29.7. The first-order valence-electron chi connectivity index (χ1n) is 40.5. The van der Waals surface area contributed by atoms with Gasteiger partial charge in [0, 0.05) is 99.5 Å². The van der Waals surface area contributed by atoms with Crippen LogP contribution in [0.15, 0.2) is 414 Å². The Morgan fingerprint density at radius 3 is 1.14 bits per heavy atom. The lowest BCUT2D eigenvalue weighted by molar-refractivity contribution is 0.672. The molecule has 0 atom stereocenters. The number of rotatable bonds is 10. The highest BCUT2D eigenvalue weighted by atomic mass is 16.3. The molecule has 0 amide bonds. The van der Waals surface area contributed by atoms with Gasteiger partial charge in [0.05, 0.1) is 77.6 Å². The summed E-state index contributed by atoms with van der Waals surface area (Å²) < 4.78 is 21.4. The van der Waals surface area contributed by atoms with Crippen molar-refractivity contribution in [2.75, 3.05) is 0 Å². The van der Waals surface area contributed by atoms with Gasteiger partial charge in [0.15, 0.2) is 17.5 Å². The Morgan fingerprint density at radius 1 is 0.221 bits per heavy atom. The Kier molecular flexibility index (Phi) is 17.2. The number of furan rings is 3. The van der Waals surface area contributed by atoms with E-state index in [2.05, 4.69) is 216 Å². The van der Waals surface area contributed by atoms with Crippen LogP contribution in [0.1, 0.15) is 0 Å².